The maximum absolute atomic E-state index is 9.90. The van der Waals surface area contributed by atoms with Gasteiger partial charge in [0, 0.05) is 25.5 Å². The van der Waals surface area contributed by atoms with Crippen molar-refractivity contribution in [3.05, 3.63) is 18.5 Å². The molecule has 1 aromatic heterocycles. The van der Waals surface area contributed by atoms with E-state index in [2.05, 4.69) is 10.00 Å². The van der Waals surface area contributed by atoms with E-state index in [0.29, 0.717) is 6.54 Å². The molecule has 1 aliphatic heterocycles. The smallest absolute Gasteiger partial charge is 0.0917 e. The number of aliphatic hydroxyl groups excluding tert-OH is 1. The van der Waals surface area contributed by atoms with Crippen LogP contribution in [0.5, 0.6) is 0 Å². The lowest BCUT2D eigenvalue weighted by Gasteiger charge is -2.15. The molecule has 1 saturated heterocycles. The minimum Gasteiger partial charge on any atom is -0.390 e. The van der Waals surface area contributed by atoms with Crippen LogP contribution in [0.3, 0.4) is 0 Å². The largest absolute Gasteiger partial charge is 0.390 e. The molecule has 1 fully saturated rings. The Labute approximate surface area is 89.5 Å². The molecule has 0 aliphatic carbocycles. The maximum atomic E-state index is 9.90. The van der Waals surface area contributed by atoms with Crippen molar-refractivity contribution in [2.75, 3.05) is 26.2 Å². The monoisotopic (exact) mass is 210 g/mol. The highest BCUT2D eigenvalue weighted by molar-refractivity contribution is 4.91. The van der Waals surface area contributed by atoms with Gasteiger partial charge in [-0.1, -0.05) is 0 Å². The van der Waals surface area contributed by atoms with E-state index in [1.165, 1.54) is 0 Å². The highest BCUT2D eigenvalue weighted by Crippen LogP contribution is 2.21. The molecule has 2 atom stereocenters. The van der Waals surface area contributed by atoms with Gasteiger partial charge in [0.05, 0.1) is 12.1 Å². The van der Waals surface area contributed by atoms with Gasteiger partial charge in [0.15, 0.2) is 0 Å². The average Bonchev–Trinajstić information content (AvgIpc) is 2.83. The highest BCUT2D eigenvalue weighted by Gasteiger charge is 2.32. The lowest BCUT2D eigenvalue weighted by Crippen LogP contribution is -2.24. The van der Waals surface area contributed by atoms with E-state index in [1.807, 2.05) is 16.9 Å². The number of likely N-dealkylation sites (tertiary alicyclic amines) is 1. The molecule has 84 valence electrons. The first-order valence-corrected chi connectivity index (χ1v) is 5.41. The minimum atomic E-state index is -0.317. The van der Waals surface area contributed by atoms with E-state index in [0.717, 1.165) is 26.1 Å². The first-order chi connectivity index (χ1) is 7.31. The van der Waals surface area contributed by atoms with Crippen LogP contribution in [-0.2, 0) is 0 Å². The van der Waals surface area contributed by atoms with Crippen molar-refractivity contribution in [1.29, 1.82) is 0 Å². The fourth-order valence-electron chi connectivity index (χ4n) is 2.08. The van der Waals surface area contributed by atoms with Gasteiger partial charge in [0.25, 0.3) is 0 Å². The Morgan fingerprint density at radius 1 is 1.47 bits per heavy atom. The van der Waals surface area contributed by atoms with Crippen molar-refractivity contribution in [3.63, 3.8) is 0 Å². The van der Waals surface area contributed by atoms with Crippen molar-refractivity contribution >= 4 is 0 Å². The zero-order chi connectivity index (χ0) is 10.7. The maximum Gasteiger partial charge on any atom is 0.0917 e. The van der Waals surface area contributed by atoms with E-state index >= 15 is 0 Å². The molecular weight excluding hydrogens is 192 g/mol. The van der Waals surface area contributed by atoms with Crippen molar-refractivity contribution in [2.45, 2.75) is 18.6 Å². The molecule has 0 radical (unpaired) electrons. The zero-order valence-corrected chi connectivity index (χ0v) is 8.79. The molecule has 0 unspecified atom stereocenters. The van der Waals surface area contributed by atoms with E-state index in [1.54, 1.807) is 6.20 Å². The van der Waals surface area contributed by atoms with Crippen LogP contribution in [0.2, 0.25) is 0 Å². The summed E-state index contributed by atoms with van der Waals surface area (Å²) in [6, 6.07) is 1.98. The summed E-state index contributed by atoms with van der Waals surface area (Å²) >= 11 is 0. The summed E-state index contributed by atoms with van der Waals surface area (Å²) in [4.78, 5) is 2.24. The van der Waals surface area contributed by atoms with Crippen LogP contribution in [0, 0.1) is 0 Å². The van der Waals surface area contributed by atoms with E-state index < -0.39 is 0 Å². The average molecular weight is 210 g/mol. The molecule has 2 heterocycles. The second kappa shape index (κ2) is 4.74. The normalized spacial score (nSPS) is 27.3. The van der Waals surface area contributed by atoms with Crippen LogP contribution < -0.4 is 5.73 Å². The number of aliphatic hydroxyl groups is 1. The second-order valence-corrected chi connectivity index (χ2v) is 4.02. The molecule has 0 spiro atoms. The van der Waals surface area contributed by atoms with Crippen molar-refractivity contribution in [1.82, 2.24) is 14.7 Å². The third-order valence-corrected chi connectivity index (χ3v) is 2.88. The number of hydrogen-bond acceptors (Lipinski definition) is 4. The number of nitrogens with two attached hydrogens (primary N) is 1. The Bertz CT molecular complexity index is 288. The molecule has 0 saturated carbocycles. The zero-order valence-electron chi connectivity index (χ0n) is 8.79. The van der Waals surface area contributed by atoms with E-state index in [9.17, 15) is 5.11 Å². The molecule has 0 amide bonds. The quantitative estimate of drug-likeness (QED) is 0.699. The van der Waals surface area contributed by atoms with Crippen LogP contribution in [0.15, 0.2) is 18.5 Å². The first-order valence-electron chi connectivity index (χ1n) is 5.41. The fraction of sp³-hybridized carbons (Fsp3) is 0.700. The SMILES string of the molecule is NCCCN1C[C@@H](O)[C@@H](n2cccn2)C1. The minimum absolute atomic E-state index is 0.0952. The molecule has 1 aromatic rings. The van der Waals surface area contributed by atoms with E-state index in [4.69, 9.17) is 5.73 Å². The van der Waals surface area contributed by atoms with Crippen LogP contribution >= 0.6 is 0 Å². The number of rotatable bonds is 4. The van der Waals surface area contributed by atoms with Gasteiger partial charge in [-0.25, -0.2) is 0 Å². The van der Waals surface area contributed by atoms with Gasteiger partial charge in [-0.2, -0.15) is 5.10 Å². The molecule has 0 bridgehead atoms. The number of β-amino-alcohol motifs (C(OH)–C–C–N with tert-alkyl or cyclic N) is 1. The van der Waals surface area contributed by atoms with Gasteiger partial charge in [0.1, 0.15) is 0 Å². The topological polar surface area (TPSA) is 67.3 Å². The number of nitrogens with zero attached hydrogens (tertiary/aromatic N) is 3. The van der Waals surface area contributed by atoms with Crippen LogP contribution in [-0.4, -0.2) is 52.1 Å². The summed E-state index contributed by atoms with van der Waals surface area (Å²) in [5.41, 5.74) is 5.46. The van der Waals surface area contributed by atoms with Gasteiger partial charge in [-0.15, -0.1) is 0 Å². The van der Waals surface area contributed by atoms with Gasteiger partial charge in [-0.05, 0) is 25.6 Å². The molecule has 0 aromatic carbocycles. The standard InChI is InChI=1S/C10H18N4O/c11-3-1-5-13-7-9(10(15)8-13)14-6-2-4-12-14/h2,4,6,9-10,15H,1,3,5,7-8,11H2/t9-,10+/m0/s1. The third-order valence-electron chi connectivity index (χ3n) is 2.88. The summed E-state index contributed by atoms with van der Waals surface area (Å²) < 4.78 is 1.84. The molecule has 3 N–H and O–H groups in total. The lowest BCUT2D eigenvalue weighted by molar-refractivity contribution is 0.139. The summed E-state index contributed by atoms with van der Waals surface area (Å²) in [5, 5.41) is 14.1. The molecule has 5 nitrogen and oxygen atoms in total. The lowest BCUT2D eigenvalue weighted by atomic mass is 10.2. The predicted molar refractivity (Wildman–Crippen MR) is 57.4 cm³/mol. The Morgan fingerprint density at radius 3 is 3.00 bits per heavy atom. The van der Waals surface area contributed by atoms with Gasteiger partial charge < -0.3 is 10.8 Å². The molecule has 15 heavy (non-hydrogen) atoms. The van der Waals surface area contributed by atoms with Crippen molar-refractivity contribution in [2.24, 2.45) is 5.73 Å². The number of aromatic nitrogens is 2. The Morgan fingerprint density at radius 2 is 2.33 bits per heavy atom. The molecule has 1 aliphatic rings. The summed E-state index contributed by atoms with van der Waals surface area (Å²) in [7, 11) is 0. The van der Waals surface area contributed by atoms with Gasteiger partial charge >= 0.3 is 0 Å². The number of hydrogen-bond donors (Lipinski definition) is 2. The Balaban J connectivity index is 1.93. The summed E-state index contributed by atoms with van der Waals surface area (Å²) in [6.07, 6.45) is 4.32. The van der Waals surface area contributed by atoms with E-state index in [-0.39, 0.29) is 12.1 Å². The molecule has 5 heteroatoms. The van der Waals surface area contributed by atoms with Crippen molar-refractivity contribution < 1.29 is 5.11 Å². The van der Waals surface area contributed by atoms with Crippen molar-refractivity contribution in [3.8, 4) is 0 Å². The molecule has 2 rings (SSSR count). The Kier molecular flexibility index (Phi) is 3.35. The predicted octanol–water partition coefficient (Wildman–Crippen LogP) is -0.550. The van der Waals surface area contributed by atoms with Crippen LogP contribution in [0.1, 0.15) is 12.5 Å². The molecular formula is C10H18N4O. The first kappa shape index (κ1) is 10.6. The van der Waals surface area contributed by atoms with Crippen LogP contribution in [0.25, 0.3) is 0 Å². The van der Waals surface area contributed by atoms with Gasteiger partial charge in [-0.3, -0.25) is 9.58 Å². The highest BCUT2D eigenvalue weighted by atomic mass is 16.3. The summed E-state index contributed by atoms with van der Waals surface area (Å²) in [6.45, 7) is 3.26. The second-order valence-electron chi connectivity index (χ2n) is 4.02. The Hall–Kier alpha value is -0.910. The fourth-order valence-corrected chi connectivity index (χ4v) is 2.08. The summed E-state index contributed by atoms with van der Waals surface area (Å²) in [5.74, 6) is 0. The van der Waals surface area contributed by atoms with Crippen LogP contribution in [0.4, 0.5) is 0 Å². The third kappa shape index (κ3) is 2.37. The van der Waals surface area contributed by atoms with Gasteiger partial charge in [0.2, 0.25) is 0 Å².